The Morgan fingerprint density at radius 1 is 1.20 bits per heavy atom. The van der Waals surface area contributed by atoms with Crippen LogP contribution in [0.5, 0.6) is 0 Å². The van der Waals surface area contributed by atoms with Crippen LogP contribution in [0.25, 0.3) is 21.3 Å². The number of fused-ring (bicyclic) bond motifs is 1. The van der Waals surface area contributed by atoms with Crippen LogP contribution in [-0.2, 0) is 4.79 Å². The first kappa shape index (κ1) is 20.3. The Bertz CT molecular complexity index is 1230. The van der Waals surface area contributed by atoms with Crippen LogP contribution >= 0.6 is 23.1 Å². The van der Waals surface area contributed by atoms with E-state index >= 15 is 0 Å². The number of hydrogen-bond acceptors (Lipinski definition) is 6. The summed E-state index contributed by atoms with van der Waals surface area (Å²) in [6, 6.07) is 13.6. The molecule has 1 amide bonds. The second-order valence-corrected chi connectivity index (χ2v) is 8.85. The molecule has 0 spiro atoms. The molecule has 0 atom stereocenters. The Balaban J connectivity index is 1.52. The first-order chi connectivity index (χ1) is 14.5. The van der Waals surface area contributed by atoms with Crippen LogP contribution in [0.2, 0.25) is 0 Å². The third kappa shape index (κ3) is 4.44. The van der Waals surface area contributed by atoms with Crippen LogP contribution in [0, 0.1) is 0 Å². The molecule has 30 heavy (non-hydrogen) atoms. The van der Waals surface area contributed by atoms with Crippen LogP contribution in [0.4, 0.5) is 5.82 Å². The summed E-state index contributed by atoms with van der Waals surface area (Å²) in [5, 5.41) is 5.68. The van der Waals surface area contributed by atoms with E-state index in [2.05, 4.69) is 46.2 Å². The molecule has 0 aliphatic heterocycles. The highest BCUT2D eigenvalue weighted by atomic mass is 32.2. The fraction of sp³-hybridized carbons (Fsp3) is 0.182. The molecule has 8 heteroatoms. The van der Waals surface area contributed by atoms with Crippen molar-refractivity contribution in [1.82, 2.24) is 15.0 Å². The number of nitrogens with one attached hydrogen (secondary N) is 2. The molecular weight excluding hydrogens is 416 g/mol. The Labute approximate surface area is 181 Å². The van der Waals surface area contributed by atoms with E-state index in [1.54, 1.807) is 24.4 Å². The standard InChI is InChI=1S/C22H20N4O2S2/c1-13(2)14-6-8-15(9-7-14)16-11-29-21-19(16)20(28)25-22(26-21)30-12-18(27)24-17-5-3-4-10-23-17/h3-11,13H,12H2,1-2H3,(H,23,24,27)(H,25,26,28). The summed E-state index contributed by atoms with van der Waals surface area (Å²) in [6.45, 7) is 4.30. The molecule has 3 heterocycles. The number of hydrogen-bond donors (Lipinski definition) is 2. The number of anilines is 1. The number of nitrogens with zero attached hydrogens (tertiary/aromatic N) is 2. The van der Waals surface area contributed by atoms with Gasteiger partial charge in [0, 0.05) is 17.1 Å². The van der Waals surface area contributed by atoms with Crippen molar-refractivity contribution in [2.24, 2.45) is 0 Å². The van der Waals surface area contributed by atoms with Crippen LogP contribution in [0.3, 0.4) is 0 Å². The highest BCUT2D eigenvalue weighted by Crippen LogP contribution is 2.32. The molecule has 0 aliphatic carbocycles. The molecule has 0 bridgehead atoms. The number of thiophene rings is 1. The van der Waals surface area contributed by atoms with Gasteiger partial charge in [-0.3, -0.25) is 9.59 Å². The van der Waals surface area contributed by atoms with Crippen molar-refractivity contribution in [3.63, 3.8) is 0 Å². The minimum absolute atomic E-state index is 0.125. The summed E-state index contributed by atoms with van der Waals surface area (Å²) in [5.74, 6) is 0.864. The Morgan fingerprint density at radius 2 is 2.00 bits per heavy atom. The van der Waals surface area contributed by atoms with Gasteiger partial charge < -0.3 is 10.3 Å². The van der Waals surface area contributed by atoms with Crippen molar-refractivity contribution in [3.8, 4) is 11.1 Å². The number of thioether (sulfide) groups is 1. The number of carbonyl (C=O) groups is 1. The lowest BCUT2D eigenvalue weighted by Gasteiger charge is -2.06. The Hall–Kier alpha value is -2.97. The maximum absolute atomic E-state index is 12.8. The van der Waals surface area contributed by atoms with Gasteiger partial charge in [0.05, 0.1) is 11.1 Å². The van der Waals surface area contributed by atoms with Crippen molar-refractivity contribution in [2.75, 3.05) is 11.1 Å². The number of amides is 1. The van der Waals surface area contributed by atoms with E-state index in [1.165, 1.54) is 28.7 Å². The topological polar surface area (TPSA) is 87.7 Å². The summed E-state index contributed by atoms with van der Waals surface area (Å²) in [5.41, 5.74) is 2.93. The highest BCUT2D eigenvalue weighted by molar-refractivity contribution is 7.99. The smallest absolute Gasteiger partial charge is 0.260 e. The quantitative estimate of drug-likeness (QED) is 0.331. The third-order valence-corrected chi connectivity index (χ3v) is 6.33. The minimum atomic E-state index is -0.210. The van der Waals surface area contributed by atoms with Gasteiger partial charge in [-0.25, -0.2) is 9.97 Å². The zero-order valence-corrected chi connectivity index (χ0v) is 18.1. The summed E-state index contributed by atoms with van der Waals surface area (Å²) in [4.78, 5) is 36.9. The van der Waals surface area contributed by atoms with Crippen molar-refractivity contribution >= 4 is 45.0 Å². The molecule has 0 radical (unpaired) electrons. The van der Waals surface area contributed by atoms with Crippen LogP contribution < -0.4 is 10.9 Å². The zero-order chi connectivity index (χ0) is 21.1. The second kappa shape index (κ2) is 8.81. The molecule has 0 saturated carbocycles. The van der Waals surface area contributed by atoms with E-state index in [1.807, 2.05) is 17.5 Å². The first-order valence-electron chi connectivity index (χ1n) is 9.47. The number of pyridine rings is 1. The van der Waals surface area contributed by atoms with E-state index in [0.29, 0.717) is 27.1 Å². The molecular formula is C22H20N4O2S2. The molecule has 0 aliphatic rings. The maximum Gasteiger partial charge on any atom is 0.260 e. The number of rotatable bonds is 6. The average molecular weight is 437 g/mol. The lowest BCUT2D eigenvalue weighted by molar-refractivity contribution is -0.113. The number of aromatic amines is 1. The molecule has 0 saturated heterocycles. The molecule has 3 aromatic heterocycles. The lowest BCUT2D eigenvalue weighted by atomic mass is 9.99. The van der Waals surface area contributed by atoms with Gasteiger partial charge in [-0.2, -0.15) is 0 Å². The number of aromatic nitrogens is 3. The molecule has 152 valence electrons. The first-order valence-corrected chi connectivity index (χ1v) is 11.3. The molecule has 0 unspecified atom stereocenters. The summed E-state index contributed by atoms with van der Waals surface area (Å²) in [6.07, 6.45) is 1.61. The number of H-pyrrole nitrogens is 1. The Kier molecular flexibility index (Phi) is 5.96. The van der Waals surface area contributed by atoms with Crippen molar-refractivity contribution in [1.29, 1.82) is 0 Å². The maximum atomic E-state index is 12.8. The fourth-order valence-electron chi connectivity index (χ4n) is 3.01. The van der Waals surface area contributed by atoms with Crippen LogP contribution in [0.15, 0.2) is 64.0 Å². The van der Waals surface area contributed by atoms with Gasteiger partial charge in [0.25, 0.3) is 5.56 Å². The van der Waals surface area contributed by atoms with Gasteiger partial charge in [-0.1, -0.05) is 55.9 Å². The average Bonchev–Trinajstić information content (AvgIpc) is 3.18. The summed E-state index contributed by atoms with van der Waals surface area (Å²) < 4.78 is 0. The summed E-state index contributed by atoms with van der Waals surface area (Å²) >= 11 is 2.62. The number of carbonyl (C=O) groups excluding carboxylic acids is 1. The predicted octanol–water partition coefficient (Wildman–Crippen LogP) is 4.90. The van der Waals surface area contributed by atoms with Gasteiger partial charge in [-0.15, -0.1) is 11.3 Å². The van der Waals surface area contributed by atoms with E-state index in [-0.39, 0.29) is 17.2 Å². The van der Waals surface area contributed by atoms with E-state index in [9.17, 15) is 9.59 Å². The molecule has 1 aromatic carbocycles. The van der Waals surface area contributed by atoms with Crippen molar-refractivity contribution in [3.05, 3.63) is 70.0 Å². The normalized spacial score (nSPS) is 11.2. The molecule has 0 fully saturated rings. The summed E-state index contributed by atoms with van der Waals surface area (Å²) in [7, 11) is 0. The third-order valence-electron chi connectivity index (χ3n) is 4.58. The van der Waals surface area contributed by atoms with Gasteiger partial charge in [-0.05, 0) is 29.2 Å². The van der Waals surface area contributed by atoms with E-state index < -0.39 is 0 Å². The van der Waals surface area contributed by atoms with Crippen molar-refractivity contribution < 1.29 is 4.79 Å². The zero-order valence-electron chi connectivity index (χ0n) is 16.5. The predicted molar refractivity (Wildman–Crippen MR) is 123 cm³/mol. The van der Waals surface area contributed by atoms with Gasteiger partial charge in [0.2, 0.25) is 5.91 Å². The largest absolute Gasteiger partial charge is 0.310 e. The second-order valence-electron chi connectivity index (χ2n) is 7.03. The van der Waals surface area contributed by atoms with Gasteiger partial charge in [0.1, 0.15) is 10.6 Å². The SMILES string of the molecule is CC(C)c1ccc(-c2csc3nc(SCC(=O)Nc4ccccn4)[nH]c(=O)c23)cc1. The Morgan fingerprint density at radius 3 is 2.70 bits per heavy atom. The number of benzene rings is 1. The molecule has 2 N–H and O–H groups in total. The monoisotopic (exact) mass is 436 g/mol. The molecule has 6 nitrogen and oxygen atoms in total. The minimum Gasteiger partial charge on any atom is -0.310 e. The highest BCUT2D eigenvalue weighted by Gasteiger charge is 2.14. The fourth-order valence-corrected chi connectivity index (χ4v) is 4.67. The lowest BCUT2D eigenvalue weighted by Crippen LogP contribution is -2.16. The molecule has 4 aromatic rings. The van der Waals surface area contributed by atoms with Crippen LogP contribution in [0.1, 0.15) is 25.3 Å². The molecule has 4 rings (SSSR count). The van der Waals surface area contributed by atoms with Crippen molar-refractivity contribution in [2.45, 2.75) is 24.9 Å². The van der Waals surface area contributed by atoms with Gasteiger partial charge >= 0.3 is 0 Å². The van der Waals surface area contributed by atoms with E-state index in [4.69, 9.17) is 0 Å². The van der Waals surface area contributed by atoms with Gasteiger partial charge in [0.15, 0.2) is 5.16 Å². The van der Waals surface area contributed by atoms with E-state index in [0.717, 1.165) is 11.1 Å². The van der Waals surface area contributed by atoms with Crippen LogP contribution in [-0.4, -0.2) is 26.6 Å².